The molecule has 6 heteroatoms. The molecule has 0 amide bonds. The molecule has 0 aromatic heterocycles. The molecule has 0 radical (unpaired) electrons. The summed E-state index contributed by atoms with van der Waals surface area (Å²) < 4.78 is 0. The van der Waals surface area contributed by atoms with Crippen molar-refractivity contribution in [3.63, 3.8) is 0 Å². The van der Waals surface area contributed by atoms with Crippen LogP contribution in [0.3, 0.4) is 0 Å². The fraction of sp³-hybridized carbons (Fsp3) is 0.818. The average Bonchev–Trinajstić information content (AvgIpc) is 2.21. The topological polar surface area (TPSA) is 77.8 Å². The zero-order valence-electron chi connectivity index (χ0n) is 12.6. The summed E-state index contributed by atoms with van der Waals surface area (Å²) in [5.41, 5.74) is 0. The van der Waals surface area contributed by atoms with E-state index in [1.165, 1.54) is 26.6 Å². The molecule has 0 aliphatic rings. The molecule has 0 aliphatic carbocycles. The van der Waals surface area contributed by atoms with Gasteiger partial charge in [0, 0.05) is 0 Å². The van der Waals surface area contributed by atoms with Crippen molar-refractivity contribution in [2.75, 3.05) is 19.6 Å². The van der Waals surface area contributed by atoms with Gasteiger partial charge in [-0.3, -0.25) is 9.59 Å². The fourth-order valence-corrected chi connectivity index (χ4v) is 1.13. The van der Waals surface area contributed by atoms with Crippen LogP contribution in [0.25, 0.3) is 0 Å². The van der Waals surface area contributed by atoms with Gasteiger partial charge in [-0.2, -0.15) is 0 Å². The van der Waals surface area contributed by atoms with Crippen molar-refractivity contribution in [2.45, 2.75) is 34.1 Å². The minimum Gasteiger partial charge on any atom is -1.00 e. The molecule has 0 saturated heterocycles. The van der Waals surface area contributed by atoms with Crippen LogP contribution in [0.5, 0.6) is 0 Å². The predicted molar refractivity (Wildman–Crippen MR) is 63.6 cm³/mol. The number of aliphatic carboxylic acids is 2. The monoisotopic (exact) mass is 273 g/mol. The van der Waals surface area contributed by atoms with E-state index in [1.807, 2.05) is 0 Å². The van der Waals surface area contributed by atoms with E-state index in [2.05, 4.69) is 25.7 Å². The second-order valence-electron chi connectivity index (χ2n) is 3.26. The van der Waals surface area contributed by atoms with Crippen LogP contribution in [0.1, 0.15) is 35.5 Å². The van der Waals surface area contributed by atoms with Crippen molar-refractivity contribution in [1.29, 1.82) is 0 Å². The Hall–Kier alpha value is 0.536. The normalized spacial score (nSPS) is 9.29. The predicted octanol–water partition coefficient (Wildman–Crippen LogP) is -1.35. The number of carbonyl (C=O) groups is 2. The van der Waals surface area contributed by atoms with Gasteiger partial charge in [0.25, 0.3) is 0 Å². The SMILES string of the molecule is CCC(C(=O)O)C(=O)O.CCN(CC)CC.[H-].[K+]. The molecule has 0 heterocycles. The summed E-state index contributed by atoms with van der Waals surface area (Å²) in [5.74, 6) is -3.79. The van der Waals surface area contributed by atoms with Crippen LogP contribution in [0.2, 0.25) is 0 Å². The van der Waals surface area contributed by atoms with Gasteiger partial charge < -0.3 is 16.5 Å². The van der Waals surface area contributed by atoms with Crippen LogP contribution in [0.15, 0.2) is 0 Å². The molecule has 0 saturated carbocycles. The van der Waals surface area contributed by atoms with Gasteiger partial charge in [0.1, 0.15) is 0 Å². The van der Waals surface area contributed by atoms with Crippen molar-refractivity contribution in [1.82, 2.24) is 4.90 Å². The first-order chi connectivity index (χ1) is 7.44. The first-order valence-corrected chi connectivity index (χ1v) is 5.62. The second-order valence-corrected chi connectivity index (χ2v) is 3.26. The molecule has 0 atom stereocenters. The molecule has 0 aromatic rings. The van der Waals surface area contributed by atoms with E-state index in [0.717, 1.165) is 0 Å². The van der Waals surface area contributed by atoms with E-state index < -0.39 is 17.9 Å². The summed E-state index contributed by atoms with van der Waals surface area (Å²) in [5, 5.41) is 16.3. The van der Waals surface area contributed by atoms with E-state index in [-0.39, 0.29) is 59.2 Å². The van der Waals surface area contributed by atoms with Crippen molar-refractivity contribution in [3.8, 4) is 0 Å². The quantitative estimate of drug-likeness (QED) is 0.462. The zero-order valence-corrected chi connectivity index (χ0v) is 14.7. The summed E-state index contributed by atoms with van der Waals surface area (Å²) in [6.07, 6.45) is 0.130. The van der Waals surface area contributed by atoms with Gasteiger partial charge in [-0.15, -0.1) is 0 Å². The molecule has 0 fully saturated rings. The number of carboxylic acids is 2. The fourth-order valence-electron chi connectivity index (χ4n) is 1.13. The molecule has 2 N–H and O–H groups in total. The van der Waals surface area contributed by atoms with Crippen LogP contribution in [0.4, 0.5) is 0 Å². The number of carboxylic acid groups (broad SMARTS) is 2. The van der Waals surface area contributed by atoms with Gasteiger partial charge in [-0.05, 0) is 26.1 Å². The van der Waals surface area contributed by atoms with Gasteiger partial charge in [-0.25, -0.2) is 0 Å². The van der Waals surface area contributed by atoms with Crippen molar-refractivity contribution >= 4 is 11.9 Å². The van der Waals surface area contributed by atoms with Crippen LogP contribution in [0, 0.1) is 5.92 Å². The van der Waals surface area contributed by atoms with Gasteiger partial charge in [0.2, 0.25) is 0 Å². The van der Waals surface area contributed by atoms with E-state index >= 15 is 0 Å². The van der Waals surface area contributed by atoms with Crippen molar-refractivity contribution in [3.05, 3.63) is 0 Å². The minimum absolute atomic E-state index is 0. The number of nitrogens with zero attached hydrogens (tertiary/aromatic N) is 1. The minimum atomic E-state index is -1.27. The number of hydrogen-bond acceptors (Lipinski definition) is 3. The Morgan fingerprint density at radius 3 is 1.29 bits per heavy atom. The van der Waals surface area contributed by atoms with Crippen LogP contribution >= 0.6 is 0 Å². The van der Waals surface area contributed by atoms with Crippen molar-refractivity contribution in [2.24, 2.45) is 5.92 Å². The molecule has 0 aromatic carbocycles. The summed E-state index contributed by atoms with van der Waals surface area (Å²) in [6.45, 7) is 11.6. The molecular weight excluding hydrogens is 249 g/mol. The Morgan fingerprint density at radius 1 is 1.00 bits per heavy atom. The molecule has 17 heavy (non-hydrogen) atoms. The number of rotatable bonds is 6. The van der Waals surface area contributed by atoms with E-state index in [0.29, 0.717) is 0 Å². The molecule has 0 spiro atoms. The Bertz CT molecular complexity index is 194. The summed E-state index contributed by atoms with van der Waals surface area (Å²) in [6, 6.07) is 0. The maximum Gasteiger partial charge on any atom is 1.00 e. The molecule has 0 rings (SSSR count). The van der Waals surface area contributed by atoms with Crippen LogP contribution in [-0.4, -0.2) is 46.7 Å². The van der Waals surface area contributed by atoms with Crippen molar-refractivity contribution < 1.29 is 72.6 Å². The third kappa shape index (κ3) is 12.8. The zero-order chi connectivity index (χ0) is 13.1. The maximum absolute atomic E-state index is 9.99. The third-order valence-electron chi connectivity index (χ3n) is 2.35. The number of hydrogen-bond donors (Lipinski definition) is 2. The molecular formula is C11H24KNO4. The smallest absolute Gasteiger partial charge is 1.00 e. The van der Waals surface area contributed by atoms with E-state index in [4.69, 9.17) is 10.2 Å². The van der Waals surface area contributed by atoms with E-state index in [9.17, 15) is 9.59 Å². The molecule has 5 nitrogen and oxygen atoms in total. The molecule has 0 unspecified atom stereocenters. The average molecular weight is 273 g/mol. The van der Waals surface area contributed by atoms with Gasteiger partial charge >= 0.3 is 63.3 Å². The van der Waals surface area contributed by atoms with Crippen LogP contribution in [-0.2, 0) is 9.59 Å². The first kappa shape index (κ1) is 22.7. The largest absolute Gasteiger partial charge is 1.00 e. The molecule has 0 aliphatic heterocycles. The molecule has 98 valence electrons. The Kier molecular flexibility index (Phi) is 19.5. The van der Waals surface area contributed by atoms with E-state index in [1.54, 1.807) is 0 Å². The Balaban J connectivity index is -0.000000100. The summed E-state index contributed by atoms with van der Waals surface area (Å²) in [7, 11) is 0. The summed E-state index contributed by atoms with van der Waals surface area (Å²) >= 11 is 0. The van der Waals surface area contributed by atoms with Crippen LogP contribution < -0.4 is 51.4 Å². The molecule has 0 bridgehead atoms. The maximum atomic E-state index is 9.99. The van der Waals surface area contributed by atoms with Gasteiger partial charge in [0.05, 0.1) is 0 Å². The summed E-state index contributed by atoms with van der Waals surface area (Å²) in [4.78, 5) is 22.4. The first-order valence-electron chi connectivity index (χ1n) is 5.62. The van der Waals surface area contributed by atoms with Gasteiger partial charge in [0.15, 0.2) is 5.92 Å². The Labute approximate surface area is 147 Å². The standard InChI is InChI=1S/C6H15N.C5H8O4.K.H/c1-4-7(5-2)6-3;1-2-3(4(6)7)5(8)9;;/h4-6H2,1-3H3;3H,2H2,1H3,(H,6,7)(H,8,9);;/q;;+1;-1. The third-order valence-corrected chi connectivity index (χ3v) is 2.35. The Morgan fingerprint density at radius 2 is 1.29 bits per heavy atom. The van der Waals surface area contributed by atoms with Gasteiger partial charge in [-0.1, -0.05) is 27.7 Å². The second kappa shape index (κ2) is 14.6.